The molecule has 0 bridgehead atoms. The van der Waals surface area contributed by atoms with Crippen LogP contribution in [0.5, 0.6) is 0 Å². The van der Waals surface area contributed by atoms with Gasteiger partial charge in [0.15, 0.2) is 10.7 Å². The maximum Gasteiger partial charge on any atom is 0.248 e. The second-order valence-electron chi connectivity index (χ2n) is 7.99. The molecule has 1 aliphatic heterocycles. The van der Waals surface area contributed by atoms with E-state index in [9.17, 15) is 22.0 Å². The molecule has 2 aromatic carbocycles. The van der Waals surface area contributed by atoms with Crippen molar-refractivity contribution < 1.29 is 26.5 Å². The zero-order valence-electron chi connectivity index (χ0n) is 18.4. The molecule has 7 nitrogen and oxygen atoms in total. The number of hydrogen-bond acceptors (Lipinski definition) is 5. The number of sulfonamides is 1. The van der Waals surface area contributed by atoms with E-state index < -0.39 is 21.7 Å². The van der Waals surface area contributed by atoms with Crippen LogP contribution < -0.4 is 5.32 Å². The van der Waals surface area contributed by atoms with Gasteiger partial charge in [-0.25, -0.2) is 17.2 Å². The van der Waals surface area contributed by atoms with Crippen molar-refractivity contribution in [2.45, 2.75) is 24.7 Å². The molecular formula is C24H23F2N3O4S. The van der Waals surface area contributed by atoms with Crippen molar-refractivity contribution >= 4 is 33.8 Å². The van der Waals surface area contributed by atoms with Gasteiger partial charge < -0.3 is 9.84 Å². The highest BCUT2D eigenvalue weighted by Crippen LogP contribution is 2.30. The fraction of sp³-hybridized carbons (Fsp3) is 0.250. The van der Waals surface area contributed by atoms with Gasteiger partial charge in [-0.2, -0.15) is 4.31 Å². The van der Waals surface area contributed by atoms with E-state index in [1.54, 1.807) is 12.1 Å². The summed E-state index contributed by atoms with van der Waals surface area (Å²) in [5, 5.41) is 6.62. The Bertz CT molecular complexity index is 1320. The van der Waals surface area contributed by atoms with E-state index in [2.05, 4.69) is 10.5 Å². The van der Waals surface area contributed by atoms with Crippen LogP contribution in [0.1, 0.15) is 29.9 Å². The quantitative estimate of drug-likeness (QED) is 0.554. The Morgan fingerprint density at radius 1 is 1.12 bits per heavy atom. The van der Waals surface area contributed by atoms with Crippen LogP contribution >= 0.6 is 0 Å². The van der Waals surface area contributed by atoms with Gasteiger partial charge in [-0.05, 0) is 56.2 Å². The Hall–Kier alpha value is -3.37. The molecule has 178 valence electrons. The zero-order chi connectivity index (χ0) is 24.3. The number of para-hydroxylation sites is 1. The van der Waals surface area contributed by atoms with Gasteiger partial charge in [-0.15, -0.1) is 0 Å². The van der Waals surface area contributed by atoms with Crippen molar-refractivity contribution in [2.75, 3.05) is 18.4 Å². The van der Waals surface area contributed by atoms with Gasteiger partial charge in [-0.1, -0.05) is 23.4 Å². The number of amides is 1. The average Bonchev–Trinajstić information content (AvgIpc) is 3.20. The average molecular weight is 488 g/mol. The first-order valence-electron chi connectivity index (χ1n) is 10.7. The van der Waals surface area contributed by atoms with E-state index in [1.165, 1.54) is 29.4 Å². The molecular weight excluding hydrogens is 464 g/mol. The molecule has 1 fully saturated rings. The summed E-state index contributed by atoms with van der Waals surface area (Å²) in [6.45, 7) is 1.83. The lowest BCUT2D eigenvalue weighted by Gasteiger charge is -2.30. The predicted molar refractivity (Wildman–Crippen MR) is 123 cm³/mol. The minimum atomic E-state index is -3.97. The number of carbonyl (C=O) groups is 1. The highest BCUT2D eigenvalue weighted by atomic mass is 32.2. The molecule has 0 spiro atoms. The maximum atomic E-state index is 13.9. The smallest absolute Gasteiger partial charge is 0.248 e. The number of carbonyl (C=O) groups excluding carboxylic acids is 1. The molecule has 4 rings (SSSR count). The normalized spacial score (nSPS) is 15.6. The topological polar surface area (TPSA) is 92.5 Å². The Morgan fingerprint density at radius 3 is 2.50 bits per heavy atom. The number of anilines is 1. The molecule has 0 unspecified atom stereocenters. The van der Waals surface area contributed by atoms with Gasteiger partial charge in [0.05, 0.1) is 0 Å². The van der Waals surface area contributed by atoms with Crippen LogP contribution in [0.15, 0.2) is 57.9 Å². The minimum absolute atomic E-state index is 0.0508. The van der Waals surface area contributed by atoms with Crippen molar-refractivity contribution in [3.05, 3.63) is 77.2 Å². The molecule has 2 heterocycles. The van der Waals surface area contributed by atoms with Gasteiger partial charge in [0.2, 0.25) is 15.9 Å². The molecule has 3 aromatic rings. The Morgan fingerprint density at radius 2 is 1.82 bits per heavy atom. The van der Waals surface area contributed by atoms with Crippen LogP contribution in [0.3, 0.4) is 0 Å². The molecule has 10 heteroatoms. The van der Waals surface area contributed by atoms with Crippen LogP contribution in [0.4, 0.5) is 14.5 Å². The van der Waals surface area contributed by atoms with E-state index in [-0.39, 0.29) is 46.8 Å². The summed E-state index contributed by atoms with van der Waals surface area (Å²) in [5.74, 6) is -2.00. The van der Waals surface area contributed by atoms with E-state index >= 15 is 0 Å². The lowest BCUT2D eigenvalue weighted by molar-refractivity contribution is -0.120. The number of halogens is 2. The van der Waals surface area contributed by atoms with Crippen LogP contribution in [0.2, 0.25) is 0 Å². The summed E-state index contributed by atoms with van der Waals surface area (Å²) < 4.78 is 60.2. The van der Waals surface area contributed by atoms with Gasteiger partial charge >= 0.3 is 0 Å². The molecule has 1 amide bonds. The SMILES string of the molecule is Cc1noc(/C=C/c2ccc(F)cc2F)c1S(=O)(=O)N1CCC(C(=O)Nc2ccccc2)CC1. The third kappa shape index (κ3) is 5.07. The number of nitrogens with one attached hydrogen (secondary N) is 1. The summed E-state index contributed by atoms with van der Waals surface area (Å²) in [6.07, 6.45) is 3.33. The largest absolute Gasteiger partial charge is 0.355 e. The molecule has 34 heavy (non-hydrogen) atoms. The third-order valence-electron chi connectivity index (χ3n) is 5.67. The van der Waals surface area contributed by atoms with Crippen LogP contribution in [-0.2, 0) is 14.8 Å². The fourth-order valence-corrected chi connectivity index (χ4v) is 5.57. The van der Waals surface area contributed by atoms with Gasteiger partial charge in [0.25, 0.3) is 0 Å². The Balaban J connectivity index is 1.47. The number of nitrogens with zero attached hydrogens (tertiary/aromatic N) is 2. The van der Waals surface area contributed by atoms with E-state index in [0.717, 1.165) is 12.1 Å². The molecule has 1 aliphatic rings. The fourth-order valence-electron chi connectivity index (χ4n) is 3.85. The highest BCUT2D eigenvalue weighted by Gasteiger charge is 2.36. The van der Waals surface area contributed by atoms with Crippen molar-refractivity contribution in [1.82, 2.24) is 9.46 Å². The molecule has 1 N–H and O–H groups in total. The Kier molecular flexibility index (Phi) is 6.90. The summed E-state index contributed by atoms with van der Waals surface area (Å²) in [6, 6.07) is 12.2. The monoisotopic (exact) mass is 487 g/mol. The summed E-state index contributed by atoms with van der Waals surface area (Å²) in [4.78, 5) is 12.4. The van der Waals surface area contributed by atoms with Crippen LogP contribution in [0.25, 0.3) is 12.2 Å². The standard InChI is InChI=1S/C24H23F2N3O4S/c1-16-23(22(33-28-16)10-8-17-7-9-19(25)15-21(17)26)34(31,32)29-13-11-18(12-14-29)24(30)27-20-5-3-2-4-6-20/h2-10,15,18H,11-14H2,1H3,(H,27,30)/b10-8+. The Labute approximate surface area is 196 Å². The summed E-state index contributed by atoms with van der Waals surface area (Å²) in [7, 11) is -3.97. The van der Waals surface area contributed by atoms with Crippen molar-refractivity contribution in [2.24, 2.45) is 5.92 Å². The zero-order valence-corrected chi connectivity index (χ0v) is 19.2. The van der Waals surface area contributed by atoms with Gasteiger partial charge in [0.1, 0.15) is 17.3 Å². The lowest BCUT2D eigenvalue weighted by Crippen LogP contribution is -2.41. The van der Waals surface area contributed by atoms with Gasteiger partial charge in [-0.3, -0.25) is 4.79 Å². The van der Waals surface area contributed by atoms with Crippen molar-refractivity contribution in [3.8, 4) is 0 Å². The lowest BCUT2D eigenvalue weighted by atomic mass is 9.97. The number of benzene rings is 2. The highest BCUT2D eigenvalue weighted by molar-refractivity contribution is 7.89. The number of aryl methyl sites for hydroxylation is 1. The van der Waals surface area contributed by atoms with Crippen molar-refractivity contribution in [3.63, 3.8) is 0 Å². The second kappa shape index (κ2) is 9.86. The van der Waals surface area contributed by atoms with Crippen LogP contribution in [0, 0.1) is 24.5 Å². The van der Waals surface area contributed by atoms with Crippen molar-refractivity contribution in [1.29, 1.82) is 0 Å². The molecule has 0 atom stereocenters. The van der Waals surface area contributed by atoms with E-state index in [4.69, 9.17) is 4.52 Å². The maximum absolute atomic E-state index is 13.9. The molecule has 1 saturated heterocycles. The third-order valence-corrected chi connectivity index (χ3v) is 7.73. The molecule has 1 aromatic heterocycles. The predicted octanol–water partition coefficient (Wildman–Crippen LogP) is 4.47. The number of hydrogen-bond donors (Lipinski definition) is 1. The second-order valence-corrected chi connectivity index (χ2v) is 9.87. The van der Waals surface area contributed by atoms with Gasteiger partial charge in [0, 0.05) is 36.3 Å². The summed E-state index contributed by atoms with van der Waals surface area (Å²) in [5.41, 5.74) is 0.934. The number of rotatable bonds is 6. The van der Waals surface area contributed by atoms with E-state index in [1.807, 2.05) is 18.2 Å². The number of aromatic nitrogens is 1. The number of piperidine rings is 1. The summed E-state index contributed by atoms with van der Waals surface area (Å²) >= 11 is 0. The van der Waals surface area contributed by atoms with E-state index in [0.29, 0.717) is 18.5 Å². The first-order valence-corrected chi connectivity index (χ1v) is 12.1. The molecule has 0 aliphatic carbocycles. The molecule has 0 radical (unpaired) electrons. The first kappa shape index (κ1) is 23.8. The first-order chi connectivity index (χ1) is 16.3. The van der Waals surface area contributed by atoms with Crippen LogP contribution in [-0.4, -0.2) is 36.9 Å². The minimum Gasteiger partial charge on any atom is -0.355 e. The molecule has 0 saturated carbocycles.